The minimum absolute atomic E-state index is 0.259. The van der Waals surface area contributed by atoms with Crippen LogP contribution < -0.4 is 15.4 Å². The van der Waals surface area contributed by atoms with Crippen molar-refractivity contribution in [2.24, 2.45) is 4.99 Å². The van der Waals surface area contributed by atoms with Gasteiger partial charge in [-0.25, -0.2) is 9.38 Å². The van der Waals surface area contributed by atoms with Crippen LogP contribution in [0.25, 0.3) is 0 Å². The van der Waals surface area contributed by atoms with Gasteiger partial charge in [-0.1, -0.05) is 12.1 Å². The average molecular weight is 451 g/mol. The number of amidine groups is 1. The van der Waals surface area contributed by atoms with Gasteiger partial charge >= 0.3 is 0 Å². The molecule has 1 saturated heterocycles. The Morgan fingerprint density at radius 3 is 2.84 bits per heavy atom. The Labute approximate surface area is 191 Å². The lowest BCUT2D eigenvalue weighted by molar-refractivity contribution is 0.282. The van der Waals surface area contributed by atoms with Gasteiger partial charge in [0.1, 0.15) is 22.4 Å². The molecule has 0 amide bonds. The number of aryl methyl sites for hydroxylation is 2. The van der Waals surface area contributed by atoms with E-state index in [1.807, 2.05) is 12.1 Å². The summed E-state index contributed by atoms with van der Waals surface area (Å²) in [6.07, 6.45) is 2.06. The number of aliphatic imine (C=N–C) groups is 1. The fourth-order valence-corrected chi connectivity index (χ4v) is 5.28. The number of hydrogen-bond donors (Lipinski definition) is 2. The van der Waals surface area contributed by atoms with Gasteiger partial charge in [0.15, 0.2) is 0 Å². The Morgan fingerprint density at radius 2 is 2.03 bits per heavy atom. The van der Waals surface area contributed by atoms with E-state index in [9.17, 15) is 4.39 Å². The number of anilines is 2. The minimum Gasteiger partial charge on any atom is -0.497 e. The van der Waals surface area contributed by atoms with E-state index in [2.05, 4.69) is 40.7 Å². The normalized spacial score (nSPS) is 17.7. The molecule has 32 heavy (non-hydrogen) atoms. The molecule has 1 atom stereocenters. The Bertz CT molecular complexity index is 1140. The molecular formula is C25H27FN4OS. The van der Waals surface area contributed by atoms with Crippen LogP contribution >= 0.6 is 11.3 Å². The second-order valence-corrected chi connectivity index (χ2v) is 9.56. The van der Waals surface area contributed by atoms with E-state index in [4.69, 9.17) is 9.73 Å². The number of nitrogens with zero attached hydrogens (tertiary/aromatic N) is 2. The summed E-state index contributed by atoms with van der Waals surface area (Å²) < 4.78 is 19.1. The predicted molar refractivity (Wildman–Crippen MR) is 130 cm³/mol. The smallest absolute Gasteiger partial charge is 0.139 e. The highest BCUT2D eigenvalue weighted by molar-refractivity contribution is 7.16. The van der Waals surface area contributed by atoms with Crippen molar-refractivity contribution in [3.63, 3.8) is 0 Å². The molecule has 0 radical (unpaired) electrons. The Balaban J connectivity index is 1.37. The Kier molecular flexibility index (Phi) is 5.85. The molecule has 7 heteroatoms. The lowest BCUT2D eigenvalue weighted by atomic mass is 10.0. The molecule has 0 saturated carbocycles. The van der Waals surface area contributed by atoms with Crippen molar-refractivity contribution >= 4 is 33.5 Å². The summed E-state index contributed by atoms with van der Waals surface area (Å²) in [7, 11) is 1.69. The summed E-state index contributed by atoms with van der Waals surface area (Å²) in [5.74, 6) is 1.60. The lowest BCUT2D eigenvalue weighted by Crippen LogP contribution is -2.52. The molecule has 0 aliphatic carbocycles. The molecule has 1 fully saturated rings. The summed E-state index contributed by atoms with van der Waals surface area (Å²) >= 11 is 1.69. The minimum atomic E-state index is -0.259. The summed E-state index contributed by atoms with van der Waals surface area (Å²) in [6.45, 7) is 4.79. The van der Waals surface area contributed by atoms with E-state index >= 15 is 0 Å². The van der Waals surface area contributed by atoms with Crippen LogP contribution in [0.1, 0.15) is 22.4 Å². The molecule has 0 spiro atoms. The van der Waals surface area contributed by atoms with Crippen molar-refractivity contribution in [1.29, 1.82) is 0 Å². The summed E-state index contributed by atoms with van der Waals surface area (Å²) in [5, 5.41) is 8.11. The lowest BCUT2D eigenvalue weighted by Gasteiger charge is -2.36. The highest BCUT2D eigenvalue weighted by atomic mass is 32.1. The van der Waals surface area contributed by atoms with Crippen molar-refractivity contribution in [2.45, 2.75) is 25.8 Å². The molecule has 5 nitrogen and oxygen atoms in total. The first-order chi connectivity index (χ1) is 15.6. The summed E-state index contributed by atoms with van der Waals surface area (Å²) in [5.41, 5.74) is 3.90. The molecule has 2 N–H and O–H groups in total. The van der Waals surface area contributed by atoms with Gasteiger partial charge in [-0.15, -0.1) is 11.3 Å². The van der Waals surface area contributed by atoms with Gasteiger partial charge in [0.25, 0.3) is 0 Å². The van der Waals surface area contributed by atoms with E-state index in [1.54, 1.807) is 24.5 Å². The maximum atomic E-state index is 13.9. The van der Waals surface area contributed by atoms with Crippen LogP contribution in [0.4, 0.5) is 20.8 Å². The average Bonchev–Trinajstić information content (AvgIpc) is 3.10. The van der Waals surface area contributed by atoms with Crippen LogP contribution in [-0.4, -0.2) is 43.5 Å². The number of piperazine rings is 1. The molecule has 3 heterocycles. The monoisotopic (exact) mass is 450 g/mol. The third-order valence-corrected chi connectivity index (χ3v) is 6.99. The highest BCUT2D eigenvalue weighted by Gasteiger charge is 2.27. The first-order valence-electron chi connectivity index (χ1n) is 11.0. The Morgan fingerprint density at radius 1 is 1.19 bits per heavy atom. The number of rotatable bonds is 4. The van der Waals surface area contributed by atoms with Gasteiger partial charge in [-0.05, 0) is 61.7 Å². The van der Waals surface area contributed by atoms with Crippen LogP contribution in [-0.2, 0) is 6.42 Å². The quantitative estimate of drug-likeness (QED) is 0.570. The molecular weight excluding hydrogens is 423 g/mol. The van der Waals surface area contributed by atoms with Crippen LogP contribution in [0.3, 0.4) is 0 Å². The standard InChI is InChI=1S/C25H27FN4OS/c1-16-13-21-24(28-22-10-6-18(26)14-23(22)29-25(21)32-16)30-12-11-27-19(15-30)7-3-17-4-8-20(31-2)9-5-17/h4-6,8-10,13-14,19,27,29H,3,7,11-12,15H2,1-2H3/t19-/m0/s1. The van der Waals surface area contributed by atoms with Crippen LogP contribution in [0.2, 0.25) is 0 Å². The van der Waals surface area contributed by atoms with Gasteiger partial charge < -0.3 is 20.3 Å². The number of fused-ring (bicyclic) bond motifs is 2. The second-order valence-electron chi connectivity index (χ2n) is 8.31. The van der Waals surface area contributed by atoms with Crippen molar-refractivity contribution in [2.75, 3.05) is 32.1 Å². The number of ether oxygens (including phenoxy) is 1. The molecule has 1 aromatic heterocycles. The van der Waals surface area contributed by atoms with Crippen LogP contribution in [0, 0.1) is 12.7 Å². The third kappa shape index (κ3) is 4.36. The van der Waals surface area contributed by atoms with Gasteiger partial charge in [0.2, 0.25) is 0 Å². The first-order valence-corrected chi connectivity index (χ1v) is 11.8. The molecule has 2 aromatic carbocycles. The summed E-state index contributed by atoms with van der Waals surface area (Å²) in [4.78, 5) is 8.59. The molecule has 3 aromatic rings. The fraction of sp³-hybridized carbons (Fsp3) is 0.320. The second kappa shape index (κ2) is 8.92. The molecule has 2 aliphatic heterocycles. The molecule has 166 valence electrons. The van der Waals surface area contributed by atoms with Crippen molar-refractivity contribution in [3.8, 4) is 5.75 Å². The Hall–Kier alpha value is -2.90. The third-order valence-electron chi connectivity index (χ3n) is 6.02. The first kappa shape index (κ1) is 21.0. The maximum absolute atomic E-state index is 13.9. The zero-order valence-electron chi connectivity index (χ0n) is 18.3. The van der Waals surface area contributed by atoms with E-state index in [1.165, 1.54) is 22.6 Å². The molecule has 5 rings (SSSR count). The van der Waals surface area contributed by atoms with Crippen molar-refractivity contribution in [3.05, 3.63) is 70.4 Å². The zero-order valence-corrected chi connectivity index (χ0v) is 19.1. The topological polar surface area (TPSA) is 48.9 Å². The summed E-state index contributed by atoms with van der Waals surface area (Å²) in [6, 6.07) is 15.6. The largest absolute Gasteiger partial charge is 0.497 e. The van der Waals surface area contributed by atoms with Crippen molar-refractivity contribution < 1.29 is 9.13 Å². The molecule has 2 aliphatic rings. The van der Waals surface area contributed by atoms with Crippen molar-refractivity contribution in [1.82, 2.24) is 10.2 Å². The van der Waals surface area contributed by atoms with E-state index in [0.29, 0.717) is 11.7 Å². The van der Waals surface area contributed by atoms with E-state index in [0.717, 1.165) is 60.3 Å². The number of thiophene rings is 1. The number of methoxy groups -OCH3 is 1. The fourth-order valence-electron chi connectivity index (χ4n) is 4.36. The van der Waals surface area contributed by atoms with Gasteiger partial charge in [0.05, 0.1) is 24.0 Å². The van der Waals surface area contributed by atoms with Gasteiger partial charge in [-0.3, -0.25) is 0 Å². The van der Waals surface area contributed by atoms with Gasteiger partial charge in [0, 0.05) is 30.6 Å². The number of nitrogens with one attached hydrogen (secondary N) is 2. The van der Waals surface area contributed by atoms with Crippen LogP contribution in [0.15, 0.2) is 53.5 Å². The van der Waals surface area contributed by atoms with Crippen LogP contribution in [0.5, 0.6) is 5.75 Å². The molecule has 0 unspecified atom stereocenters. The zero-order chi connectivity index (χ0) is 22.1. The van der Waals surface area contributed by atoms with Gasteiger partial charge in [-0.2, -0.15) is 0 Å². The number of benzene rings is 2. The van der Waals surface area contributed by atoms with E-state index < -0.39 is 0 Å². The number of halogens is 1. The highest BCUT2D eigenvalue weighted by Crippen LogP contribution is 2.39. The SMILES string of the molecule is COc1ccc(CC[C@H]2CN(C3=Nc4ccc(F)cc4Nc4sc(C)cc43)CCN2)cc1. The van der Waals surface area contributed by atoms with E-state index in [-0.39, 0.29) is 5.82 Å². The molecule has 0 bridgehead atoms. The number of hydrogen-bond acceptors (Lipinski definition) is 6. The maximum Gasteiger partial charge on any atom is 0.139 e. The predicted octanol–water partition coefficient (Wildman–Crippen LogP) is 5.25.